The van der Waals surface area contributed by atoms with Gasteiger partial charge in [-0.3, -0.25) is 4.98 Å². The maximum absolute atomic E-state index is 5.41. The van der Waals surface area contributed by atoms with Crippen molar-refractivity contribution in [1.82, 2.24) is 9.97 Å². The molecule has 0 bridgehead atoms. The zero-order chi connectivity index (χ0) is 14.9. The molecule has 0 amide bonds. The number of fused-ring (bicyclic) bond motifs is 1. The lowest BCUT2D eigenvalue weighted by Gasteiger charge is -2.04. The van der Waals surface area contributed by atoms with Crippen LogP contribution in [0.2, 0.25) is 0 Å². The Kier molecular flexibility index (Phi) is 3.16. The molecule has 0 fully saturated rings. The lowest BCUT2D eigenvalue weighted by molar-refractivity contribution is 0.419. The number of H-pyrrole nitrogens is 1. The van der Waals surface area contributed by atoms with E-state index in [1.54, 1.807) is 18.4 Å². The SMILES string of the molecule is COc1cccc2c(-c3cncc(-c4ccsc4)c3)c[nH]c12. The molecule has 0 unspecified atom stereocenters. The highest BCUT2D eigenvalue weighted by Gasteiger charge is 2.10. The number of nitrogens with one attached hydrogen (secondary N) is 1. The summed E-state index contributed by atoms with van der Waals surface area (Å²) >= 11 is 1.69. The van der Waals surface area contributed by atoms with Gasteiger partial charge in [-0.15, -0.1) is 0 Å². The minimum Gasteiger partial charge on any atom is -0.495 e. The molecule has 22 heavy (non-hydrogen) atoms. The van der Waals surface area contributed by atoms with E-state index in [0.717, 1.165) is 33.3 Å². The Morgan fingerprint density at radius 2 is 2.00 bits per heavy atom. The van der Waals surface area contributed by atoms with E-state index in [-0.39, 0.29) is 0 Å². The summed E-state index contributed by atoms with van der Waals surface area (Å²) in [6.07, 6.45) is 5.82. The largest absolute Gasteiger partial charge is 0.495 e. The van der Waals surface area contributed by atoms with E-state index in [1.807, 2.05) is 30.7 Å². The predicted molar refractivity (Wildman–Crippen MR) is 91.4 cm³/mol. The number of ether oxygens (including phenoxy) is 1. The van der Waals surface area contributed by atoms with E-state index in [4.69, 9.17) is 4.74 Å². The molecule has 108 valence electrons. The maximum atomic E-state index is 5.41. The number of nitrogens with zero attached hydrogens (tertiary/aromatic N) is 1. The van der Waals surface area contributed by atoms with Gasteiger partial charge in [-0.05, 0) is 34.5 Å². The molecule has 4 rings (SSSR count). The van der Waals surface area contributed by atoms with E-state index < -0.39 is 0 Å². The normalized spacial score (nSPS) is 11.0. The number of aromatic amines is 1. The van der Waals surface area contributed by atoms with Gasteiger partial charge in [0.05, 0.1) is 12.6 Å². The Bertz CT molecular complexity index is 925. The van der Waals surface area contributed by atoms with E-state index in [9.17, 15) is 0 Å². The Balaban J connectivity index is 1.88. The first-order valence-electron chi connectivity index (χ1n) is 6.99. The van der Waals surface area contributed by atoms with Crippen molar-refractivity contribution in [2.24, 2.45) is 0 Å². The number of aromatic nitrogens is 2. The van der Waals surface area contributed by atoms with Gasteiger partial charge >= 0.3 is 0 Å². The van der Waals surface area contributed by atoms with Crippen LogP contribution in [0.25, 0.3) is 33.2 Å². The minimum absolute atomic E-state index is 0.852. The molecule has 0 radical (unpaired) electrons. The number of para-hydroxylation sites is 1. The molecule has 1 aromatic carbocycles. The van der Waals surface area contributed by atoms with E-state index in [2.05, 4.69) is 38.9 Å². The summed E-state index contributed by atoms with van der Waals surface area (Å²) in [4.78, 5) is 7.72. The van der Waals surface area contributed by atoms with Crippen molar-refractivity contribution in [3.05, 3.63) is 59.7 Å². The molecular weight excluding hydrogens is 292 g/mol. The molecule has 0 aliphatic rings. The van der Waals surface area contributed by atoms with Gasteiger partial charge in [0.1, 0.15) is 5.75 Å². The quantitative estimate of drug-likeness (QED) is 0.580. The maximum Gasteiger partial charge on any atom is 0.142 e. The molecular formula is C18H14N2OS. The topological polar surface area (TPSA) is 37.9 Å². The second kappa shape index (κ2) is 5.31. The van der Waals surface area contributed by atoms with Crippen molar-refractivity contribution >= 4 is 22.2 Å². The standard InChI is InChI=1S/C18H14N2OS/c1-21-17-4-2-3-15-16(10-20-18(15)17)14-7-13(8-19-9-14)12-5-6-22-11-12/h2-11,20H,1H3. The fourth-order valence-corrected chi connectivity index (χ4v) is 3.37. The molecule has 0 spiro atoms. The van der Waals surface area contributed by atoms with Gasteiger partial charge in [0.15, 0.2) is 0 Å². The number of thiophene rings is 1. The fraction of sp³-hybridized carbons (Fsp3) is 0.0556. The van der Waals surface area contributed by atoms with Gasteiger partial charge in [-0.25, -0.2) is 0 Å². The molecule has 1 N–H and O–H groups in total. The number of rotatable bonds is 3. The molecule has 0 saturated heterocycles. The van der Waals surface area contributed by atoms with Gasteiger partial charge in [-0.2, -0.15) is 11.3 Å². The van der Waals surface area contributed by atoms with Crippen LogP contribution in [0, 0.1) is 0 Å². The lowest BCUT2D eigenvalue weighted by atomic mass is 10.0. The minimum atomic E-state index is 0.852. The van der Waals surface area contributed by atoms with Crippen molar-refractivity contribution in [3.63, 3.8) is 0 Å². The molecule has 4 heteroatoms. The van der Waals surface area contributed by atoms with Crippen molar-refractivity contribution in [1.29, 1.82) is 0 Å². The molecule has 4 aromatic rings. The van der Waals surface area contributed by atoms with Crippen molar-refractivity contribution in [3.8, 4) is 28.0 Å². The third-order valence-corrected chi connectivity index (χ3v) is 4.48. The molecule has 0 aliphatic heterocycles. The first-order chi connectivity index (χ1) is 10.9. The van der Waals surface area contributed by atoms with Crippen LogP contribution in [0.3, 0.4) is 0 Å². The second-order valence-corrected chi connectivity index (χ2v) is 5.84. The number of pyridine rings is 1. The van der Waals surface area contributed by atoms with Crippen molar-refractivity contribution in [2.45, 2.75) is 0 Å². The van der Waals surface area contributed by atoms with Gasteiger partial charge in [0.2, 0.25) is 0 Å². The lowest BCUT2D eigenvalue weighted by Crippen LogP contribution is -1.84. The predicted octanol–water partition coefficient (Wildman–Crippen LogP) is 4.97. The zero-order valence-corrected chi connectivity index (χ0v) is 12.9. The van der Waals surface area contributed by atoms with Crippen LogP contribution in [0.4, 0.5) is 0 Å². The number of hydrogen-bond acceptors (Lipinski definition) is 3. The van der Waals surface area contributed by atoms with Crippen LogP contribution in [0.1, 0.15) is 0 Å². The summed E-state index contributed by atoms with van der Waals surface area (Å²) in [6.45, 7) is 0. The first-order valence-corrected chi connectivity index (χ1v) is 7.93. The Morgan fingerprint density at radius 3 is 2.82 bits per heavy atom. The molecule has 0 aliphatic carbocycles. The zero-order valence-electron chi connectivity index (χ0n) is 12.0. The summed E-state index contributed by atoms with van der Waals surface area (Å²) in [5, 5.41) is 5.36. The van der Waals surface area contributed by atoms with E-state index >= 15 is 0 Å². The van der Waals surface area contributed by atoms with Gasteiger partial charge < -0.3 is 9.72 Å². The van der Waals surface area contributed by atoms with E-state index in [0.29, 0.717) is 0 Å². The van der Waals surface area contributed by atoms with Crippen LogP contribution >= 0.6 is 11.3 Å². The highest BCUT2D eigenvalue weighted by atomic mass is 32.1. The molecule has 3 heterocycles. The average molecular weight is 306 g/mol. The first kappa shape index (κ1) is 13.1. The van der Waals surface area contributed by atoms with Crippen molar-refractivity contribution < 1.29 is 4.74 Å². The number of hydrogen-bond donors (Lipinski definition) is 1. The third-order valence-electron chi connectivity index (χ3n) is 3.80. The molecule has 0 atom stereocenters. The van der Waals surface area contributed by atoms with E-state index in [1.165, 1.54) is 5.56 Å². The summed E-state index contributed by atoms with van der Waals surface area (Å²) in [5.74, 6) is 0.852. The van der Waals surface area contributed by atoms with Crippen molar-refractivity contribution in [2.75, 3.05) is 7.11 Å². The smallest absolute Gasteiger partial charge is 0.142 e. The number of methoxy groups -OCH3 is 1. The Labute approximate surface area is 132 Å². The van der Waals surface area contributed by atoms with Gasteiger partial charge in [0, 0.05) is 40.7 Å². The molecule has 3 nitrogen and oxygen atoms in total. The summed E-state index contributed by atoms with van der Waals surface area (Å²) < 4.78 is 5.41. The van der Waals surface area contributed by atoms with Crippen LogP contribution in [0.5, 0.6) is 5.75 Å². The third kappa shape index (κ3) is 2.09. The highest BCUT2D eigenvalue weighted by Crippen LogP contribution is 2.34. The van der Waals surface area contributed by atoms with Gasteiger partial charge in [-0.1, -0.05) is 12.1 Å². The van der Waals surface area contributed by atoms with Crippen LogP contribution in [-0.4, -0.2) is 17.1 Å². The van der Waals surface area contributed by atoms with Crippen LogP contribution in [0.15, 0.2) is 59.7 Å². The fourth-order valence-electron chi connectivity index (χ4n) is 2.71. The summed E-state index contributed by atoms with van der Waals surface area (Å²) in [6, 6.07) is 10.4. The number of benzene rings is 1. The summed E-state index contributed by atoms with van der Waals surface area (Å²) in [7, 11) is 1.69. The molecule has 0 saturated carbocycles. The molecule has 3 aromatic heterocycles. The Morgan fingerprint density at radius 1 is 1.09 bits per heavy atom. The highest BCUT2D eigenvalue weighted by molar-refractivity contribution is 7.08. The monoisotopic (exact) mass is 306 g/mol. The average Bonchev–Trinajstić information content (AvgIpc) is 3.24. The Hall–Kier alpha value is -2.59. The van der Waals surface area contributed by atoms with Crippen LogP contribution in [-0.2, 0) is 0 Å². The summed E-state index contributed by atoms with van der Waals surface area (Å²) in [5.41, 5.74) is 5.59. The van der Waals surface area contributed by atoms with Gasteiger partial charge in [0.25, 0.3) is 0 Å². The van der Waals surface area contributed by atoms with Crippen LogP contribution < -0.4 is 4.74 Å². The second-order valence-electron chi connectivity index (χ2n) is 5.06.